The summed E-state index contributed by atoms with van der Waals surface area (Å²) in [6.45, 7) is 0. The number of carbonyl (C=O) groups excluding carboxylic acids is 1. The number of fused-ring (bicyclic) bond motifs is 1. The van der Waals surface area contributed by atoms with Crippen LogP contribution in [0.2, 0.25) is 0 Å². The topological polar surface area (TPSA) is 76.7 Å². The molecule has 0 fully saturated rings. The number of hydrogen-bond acceptors (Lipinski definition) is 5. The summed E-state index contributed by atoms with van der Waals surface area (Å²) in [6, 6.07) is 7.12. The van der Waals surface area contributed by atoms with E-state index in [1.54, 1.807) is 18.2 Å². The fourth-order valence-corrected chi connectivity index (χ4v) is 2.59. The lowest BCUT2D eigenvalue weighted by Gasteiger charge is -2.00. The number of carbonyl (C=O) groups is 2. The molecule has 0 aliphatic heterocycles. The Morgan fingerprint density at radius 3 is 2.79 bits per heavy atom. The molecule has 100 valence electrons. The van der Waals surface area contributed by atoms with Gasteiger partial charge >= 0.3 is 11.9 Å². The lowest BCUT2D eigenvalue weighted by Crippen LogP contribution is -2.04. The molecule has 1 heterocycles. The molecule has 1 aromatic heterocycles. The minimum atomic E-state index is -1.11. The highest BCUT2D eigenvalue weighted by molar-refractivity contribution is 7.99. The Kier molecular flexibility index (Phi) is 4.11. The van der Waals surface area contributed by atoms with Gasteiger partial charge in [-0.2, -0.15) is 0 Å². The van der Waals surface area contributed by atoms with Crippen LogP contribution in [-0.2, 0) is 15.3 Å². The predicted octanol–water partition coefficient (Wildman–Crippen LogP) is 2.54. The summed E-state index contributed by atoms with van der Waals surface area (Å²) in [6.07, 6.45) is 0. The summed E-state index contributed by atoms with van der Waals surface area (Å²) in [5.41, 5.74) is 1.13. The Labute approximate surface area is 113 Å². The molecule has 0 amide bonds. The number of aromatic carboxylic acids is 1. The molecular formula is C13H12O5S. The molecule has 0 saturated heterocycles. The maximum atomic E-state index is 11.1. The Morgan fingerprint density at radius 1 is 1.37 bits per heavy atom. The van der Waals surface area contributed by atoms with Crippen molar-refractivity contribution in [2.24, 2.45) is 0 Å². The monoisotopic (exact) mass is 280 g/mol. The molecule has 0 radical (unpaired) electrons. The predicted molar refractivity (Wildman–Crippen MR) is 71.4 cm³/mol. The summed E-state index contributed by atoms with van der Waals surface area (Å²) in [4.78, 5) is 22.2. The van der Waals surface area contributed by atoms with E-state index in [0.29, 0.717) is 16.9 Å². The van der Waals surface area contributed by atoms with Crippen molar-refractivity contribution in [1.82, 2.24) is 0 Å². The number of hydrogen-bond donors (Lipinski definition) is 1. The van der Waals surface area contributed by atoms with Crippen molar-refractivity contribution in [3.05, 3.63) is 35.6 Å². The maximum absolute atomic E-state index is 11.1. The van der Waals surface area contributed by atoms with E-state index in [1.807, 2.05) is 6.07 Å². The molecule has 0 aliphatic carbocycles. The van der Waals surface area contributed by atoms with Crippen LogP contribution in [-0.4, -0.2) is 29.9 Å². The molecule has 0 atom stereocenters. The molecule has 19 heavy (non-hydrogen) atoms. The molecule has 0 unspecified atom stereocenters. The number of carboxylic acid groups (broad SMARTS) is 1. The third kappa shape index (κ3) is 2.90. The summed E-state index contributed by atoms with van der Waals surface area (Å²) in [7, 11) is 1.32. The van der Waals surface area contributed by atoms with E-state index in [4.69, 9.17) is 9.52 Å². The zero-order valence-corrected chi connectivity index (χ0v) is 11.0. The van der Waals surface area contributed by atoms with E-state index in [0.717, 1.165) is 5.39 Å². The van der Waals surface area contributed by atoms with Crippen LogP contribution in [0.25, 0.3) is 11.0 Å². The third-order valence-corrected chi connectivity index (χ3v) is 3.52. The van der Waals surface area contributed by atoms with Crippen LogP contribution in [0.15, 0.2) is 28.7 Å². The van der Waals surface area contributed by atoms with Crippen molar-refractivity contribution < 1.29 is 23.8 Å². The highest BCUT2D eigenvalue weighted by atomic mass is 32.2. The van der Waals surface area contributed by atoms with Gasteiger partial charge in [0, 0.05) is 16.7 Å². The van der Waals surface area contributed by atoms with Crippen LogP contribution in [0.5, 0.6) is 0 Å². The second kappa shape index (κ2) is 5.79. The second-order valence-electron chi connectivity index (χ2n) is 3.78. The van der Waals surface area contributed by atoms with Crippen molar-refractivity contribution >= 4 is 34.7 Å². The van der Waals surface area contributed by atoms with E-state index in [9.17, 15) is 9.59 Å². The maximum Gasteiger partial charge on any atom is 0.372 e. The molecule has 0 saturated carbocycles. The minimum absolute atomic E-state index is 0.0708. The lowest BCUT2D eigenvalue weighted by atomic mass is 10.1. The van der Waals surface area contributed by atoms with Gasteiger partial charge in [-0.1, -0.05) is 18.2 Å². The van der Waals surface area contributed by atoms with Crippen molar-refractivity contribution in [1.29, 1.82) is 0 Å². The van der Waals surface area contributed by atoms with Gasteiger partial charge in [0.2, 0.25) is 5.76 Å². The van der Waals surface area contributed by atoms with Gasteiger partial charge in [-0.05, 0) is 6.07 Å². The molecule has 2 rings (SSSR count). The van der Waals surface area contributed by atoms with Crippen molar-refractivity contribution in [2.75, 3.05) is 12.9 Å². The van der Waals surface area contributed by atoms with Gasteiger partial charge in [-0.15, -0.1) is 11.8 Å². The van der Waals surface area contributed by atoms with Gasteiger partial charge in [0.05, 0.1) is 12.9 Å². The second-order valence-corrected chi connectivity index (χ2v) is 4.77. The van der Waals surface area contributed by atoms with E-state index < -0.39 is 5.97 Å². The van der Waals surface area contributed by atoms with E-state index in [1.165, 1.54) is 18.9 Å². The SMILES string of the molecule is COC(=O)CSCc1c(C(=O)O)oc2ccccc12. The van der Waals surface area contributed by atoms with Crippen molar-refractivity contribution in [2.45, 2.75) is 5.75 Å². The Balaban J connectivity index is 2.26. The van der Waals surface area contributed by atoms with Crippen LogP contribution >= 0.6 is 11.8 Å². The van der Waals surface area contributed by atoms with E-state index in [-0.39, 0.29) is 17.5 Å². The fourth-order valence-electron chi connectivity index (χ4n) is 1.71. The largest absolute Gasteiger partial charge is 0.475 e. The number of carboxylic acids is 1. The number of methoxy groups -OCH3 is 1. The first-order valence-electron chi connectivity index (χ1n) is 5.51. The molecule has 2 aromatic rings. The first-order valence-corrected chi connectivity index (χ1v) is 6.67. The summed E-state index contributed by atoms with van der Waals surface area (Å²) in [5, 5.41) is 9.89. The molecule has 0 aliphatic rings. The molecule has 5 nitrogen and oxygen atoms in total. The van der Waals surface area contributed by atoms with Crippen molar-refractivity contribution in [3.8, 4) is 0 Å². The number of esters is 1. The molecule has 1 N–H and O–H groups in total. The Hall–Kier alpha value is -1.95. The zero-order chi connectivity index (χ0) is 13.8. The van der Waals surface area contributed by atoms with Crippen LogP contribution in [0.1, 0.15) is 16.1 Å². The normalized spacial score (nSPS) is 10.6. The summed E-state index contributed by atoms with van der Waals surface area (Å²) >= 11 is 1.29. The third-order valence-electron chi connectivity index (χ3n) is 2.59. The van der Waals surface area contributed by atoms with Gasteiger partial charge in [0.25, 0.3) is 0 Å². The lowest BCUT2D eigenvalue weighted by molar-refractivity contribution is -0.137. The minimum Gasteiger partial charge on any atom is -0.475 e. The first-order chi connectivity index (χ1) is 9.13. The molecule has 0 bridgehead atoms. The van der Waals surface area contributed by atoms with Crippen LogP contribution < -0.4 is 0 Å². The number of furan rings is 1. The fraction of sp³-hybridized carbons (Fsp3) is 0.231. The average molecular weight is 280 g/mol. The summed E-state index contributed by atoms with van der Waals surface area (Å²) < 4.78 is 9.85. The highest BCUT2D eigenvalue weighted by Crippen LogP contribution is 2.29. The number of para-hydroxylation sites is 1. The number of ether oxygens (including phenoxy) is 1. The van der Waals surface area contributed by atoms with Gasteiger partial charge in [-0.25, -0.2) is 4.79 Å². The Morgan fingerprint density at radius 2 is 2.11 bits per heavy atom. The van der Waals surface area contributed by atoms with Crippen LogP contribution in [0.3, 0.4) is 0 Å². The van der Waals surface area contributed by atoms with Gasteiger partial charge in [0.15, 0.2) is 0 Å². The van der Waals surface area contributed by atoms with Gasteiger partial charge < -0.3 is 14.3 Å². The molecular weight excluding hydrogens is 268 g/mol. The van der Waals surface area contributed by atoms with E-state index >= 15 is 0 Å². The average Bonchev–Trinajstić information content (AvgIpc) is 2.78. The molecule has 1 aromatic carbocycles. The van der Waals surface area contributed by atoms with Gasteiger partial charge in [-0.3, -0.25) is 4.79 Å². The number of rotatable bonds is 5. The van der Waals surface area contributed by atoms with Crippen LogP contribution in [0.4, 0.5) is 0 Å². The summed E-state index contributed by atoms with van der Waals surface area (Å²) in [5.74, 6) is -0.957. The van der Waals surface area contributed by atoms with Crippen molar-refractivity contribution in [3.63, 3.8) is 0 Å². The smallest absolute Gasteiger partial charge is 0.372 e. The number of thioether (sulfide) groups is 1. The highest BCUT2D eigenvalue weighted by Gasteiger charge is 2.19. The standard InChI is InChI=1S/C13H12O5S/c1-17-11(14)7-19-6-9-8-4-2-3-5-10(8)18-12(9)13(15)16/h2-5H,6-7H2,1H3,(H,15,16). The van der Waals surface area contributed by atoms with Gasteiger partial charge in [0.1, 0.15) is 5.58 Å². The van der Waals surface area contributed by atoms with Crippen LogP contribution in [0, 0.1) is 0 Å². The number of benzene rings is 1. The van der Waals surface area contributed by atoms with E-state index in [2.05, 4.69) is 4.74 Å². The quantitative estimate of drug-likeness (QED) is 0.848. The zero-order valence-electron chi connectivity index (χ0n) is 10.2. The molecule has 0 spiro atoms. The molecule has 6 heteroatoms. The first kappa shape index (κ1) is 13.5. The Bertz CT molecular complexity index is 617.